The standard InChI is InChI=1S/C25H34N2O5/c1-30-21-9-10-23(28)20(13-21)17-27-12-4-5-18(16-27)6-11-25(29)26-15-19-7-8-22(31-2)14-24(19)32-3/h7-10,13-14,18,28H,4-6,11-12,15-17H2,1-3H3,(H,26,29)/t18-/m1/s1. The van der Waals surface area contributed by atoms with Crippen LogP contribution in [-0.4, -0.2) is 50.3 Å². The molecule has 1 atom stereocenters. The quantitative estimate of drug-likeness (QED) is 0.584. The number of piperidine rings is 1. The molecule has 0 unspecified atom stereocenters. The summed E-state index contributed by atoms with van der Waals surface area (Å²) < 4.78 is 15.9. The Morgan fingerprint density at radius 1 is 1.06 bits per heavy atom. The average molecular weight is 443 g/mol. The van der Waals surface area contributed by atoms with E-state index in [9.17, 15) is 9.90 Å². The molecule has 2 N–H and O–H groups in total. The highest BCUT2D eigenvalue weighted by molar-refractivity contribution is 5.75. The molecule has 1 aliphatic rings. The van der Waals surface area contributed by atoms with E-state index in [4.69, 9.17) is 14.2 Å². The monoisotopic (exact) mass is 442 g/mol. The van der Waals surface area contributed by atoms with Crippen molar-refractivity contribution in [2.45, 2.75) is 38.8 Å². The van der Waals surface area contributed by atoms with E-state index in [1.807, 2.05) is 24.3 Å². The van der Waals surface area contributed by atoms with Crippen LogP contribution in [0.15, 0.2) is 36.4 Å². The van der Waals surface area contributed by atoms with Crippen molar-refractivity contribution in [2.75, 3.05) is 34.4 Å². The van der Waals surface area contributed by atoms with E-state index in [0.29, 0.717) is 36.9 Å². The van der Waals surface area contributed by atoms with Crippen LogP contribution >= 0.6 is 0 Å². The number of carbonyl (C=O) groups excluding carboxylic acids is 1. The van der Waals surface area contributed by atoms with Crippen LogP contribution in [0.25, 0.3) is 0 Å². The summed E-state index contributed by atoms with van der Waals surface area (Å²) in [6.45, 7) is 3.04. The lowest BCUT2D eigenvalue weighted by atomic mass is 9.93. The topological polar surface area (TPSA) is 80.3 Å². The van der Waals surface area contributed by atoms with Gasteiger partial charge in [-0.1, -0.05) is 0 Å². The Morgan fingerprint density at radius 3 is 2.56 bits per heavy atom. The first-order valence-electron chi connectivity index (χ1n) is 11.1. The summed E-state index contributed by atoms with van der Waals surface area (Å²) >= 11 is 0. The van der Waals surface area contributed by atoms with Gasteiger partial charge < -0.3 is 24.6 Å². The third kappa shape index (κ3) is 6.53. The Bertz CT molecular complexity index is 902. The summed E-state index contributed by atoms with van der Waals surface area (Å²) in [7, 11) is 4.85. The highest BCUT2D eigenvalue weighted by Gasteiger charge is 2.21. The number of methoxy groups -OCH3 is 3. The maximum atomic E-state index is 12.4. The molecule has 1 heterocycles. The SMILES string of the molecule is COc1ccc(O)c(CN2CCC[C@H](CCC(=O)NCc3ccc(OC)cc3OC)C2)c1. The molecule has 7 heteroatoms. The molecule has 0 radical (unpaired) electrons. The molecular formula is C25H34N2O5. The summed E-state index contributed by atoms with van der Waals surface area (Å²) in [6.07, 6.45) is 3.58. The van der Waals surface area contributed by atoms with E-state index >= 15 is 0 Å². The van der Waals surface area contributed by atoms with Gasteiger partial charge in [-0.15, -0.1) is 0 Å². The Morgan fingerprint density at radius 2 is 1.81 bits per heavy atom. The number of likely N-dealkylation sites (tertiary alicyclic amines) is 1. The van der Waals surface area contributed by atoms with Gasteiger partial charge in [-0.3, -0.25) is 9.69 Å². The number of amides is 1. The lowest BCUT2D eigenvalue weighted by molar-refractivity contribution is -0.121. The molecule has 0 saturated carbocycles. The van der Waals surface area contributed by atoms with Crippen molar-refractivity contribution >= 4 is 5.91 Å². The minimum absolute atomic E-state index is 0.0467. The first-order valence-corrected chi connectivity index (χ1v) is 11.1. The molecule has 1 amide bonds. The van der Waals surface area contributed by atoms with Gasteiger partial charge in [0.1, 0.15) is 23.0 Å². The van der Waals surface area contributed by atoms with Crippen LogP contribution in [0.4, 0.5) is 0 Å². The summed E-state index contributed by atoms with van der Waals surface area (Å²) in [5, 5.41) is 13.2. The van der Waals surface area contributed by atoms with Gasteiger partial charge in [0.15, 0.2) is 0 Å². The largest absolute Gasteiger partial charge is 0.508 e. The minimum atomic E-state index is 0.0467. The molecule has 32 heavy (non-hydrogen) atoms. The summed E-state index contributed by atoms with van der Waals surface area (Å²) in [4.78, 5) is 14.8. The van der Waals surface area contributed by atoms with Gasteiger partial charge in [-0.25, -0.2) is 0 Å². The Hall–Kier alpha value is -2.93. The molecule has 2 aromatic carbocycles. The van der Waals surface area contributed by atoms with Gasteiger partial charge in [0.2, 0.25) is 5.91 Å². The molecule has 2 aromatic rings. The van der Waals surface area contributed by atoms with Crippen LogP contribution in [0.2, 0.25) is 0 Å². The van der Waals surface area contributed by atoms with E-state index in [0.717, 1.165) is 55.0 Å². The Balaban J connectivity index is 1.46. The van der Waals surface area contributed by atoms with Crippen LogP contribution in [0.1, 0.15) is 36.8 Å². The number of phenols is 1. The fourth-order valence-corrected chi connectivity index (χ4v) is 4.20. The number of nitrogens with zero attached hydrogens (tertiary/aromatic N) is 1. The number of carbonyl (C=O) groups is 1. The fraction of sp³-hybridized carbons (Fsp3) is 0.480. The van der Waals surface area contributed by atoms with E-state index in [1.165, 1.54) is 0 Å². The third-order valence-electron chi connectivity index (χ3n) is 6.03. The first kappa shape index (κ1) is 23.7. The van der Waals surface area contributed by atoms with Crippen LogP contribution in [0, 0.1) is 5.92 Å². The van der Waals surface area contributed by atoms with E-state index in [-0.39, 0.29) is 5.91 Å². The van der Waals surface area contributed by atoms with Crippen molar-refractivity contribution in [2.24, 2.45) is 5.92 Å². The molecular weight excluding hydrogens is 408 g/mol. The van der Waals surface area contributed by atoms with E-state index < -0.39 is 0 Å². The summed E-state index contributed by atoms with van der Waals surface area (Å²) in [6, 6.07) is 10.9. The lowest BCUT2D eigenvalue weighted by Crippen LogP contribution is -2.35. The minimum Gasteiger partial charge on any atom is -0.508 e. The maximum absolute atomic E-state index is 12.4. The second kappa shape index (κ2) is 11.6. The number of phenolic OH excluding ortho intramolecular Hbond substituents is 1. The van der Waals surface area contributed by atoms with Crippen LogP contribution < -0.4 is 19.5 Å². The van der Waals surface area contributed by atoms with Crippen molar-refractivity contribution in [1.29, 1.82) is 0 Å². The van der Waals surface area contributed by atoms with Crippen molar-refractivity contribution in [1.82, 2.24) is 10.2 Å². The summed E-state index contributed by atoms with van der Waals surface area (Å²) in [5.74, 6) is 2.98. The van der Waals surface area contributed by atoms with Crippen molar-refractivity contribution in [3.8, 4) is 23.0 Å². The lowest BCUT2D eigenvalue weighted by Gasteiger charge is -2.33. The van der Waals surface area contributed by atoms with Gasteiger partial charge in [-0.2, -0.15) is 0 Å². The van der Waals surface area contributed by atoms with Crippen molar-refractivity contribution < 1.29 is 24.1 Å². The van der Waals surface area contributed by atoms with Gasteiger partial charge in [0.25, 0.3) is 0 Å². The third-order valence-corrected chi connectivity index (χ3v) is 6.03. The predicted molar refractivity (Wildman–Crippen MR) is 123 cm³/mol. The molecule has 1 fully saturated rings. The fourth-order valence-electron chi connectivity index (χ4n) is 4.20. The van der Waals surface area contributed by atoms with E-state index in [2.05, 4.69) is 10.2 Å². The highest BCUT2D eigenvalue weighted by Crippen LogP contribution is 2.28. The number of hydrogen-bond donors (Lipinski definition) is 2. The normalized spacial score (nSPS) is 16.4. The Labute approximate surface area is 190 Å². The van der Waals surface area contributed by atoms with Gasteiger partial charge in [0, 0.05) is 43.2 Å². The van der Waals surface area contributed by atoms with E-state index in [1.54, 1.807) is 33.5 Å². The van der Waals surface area contributed by atoms with Gasteiger partial charge in [0.05, 0.1) is 21.3 Å². The van der Waals surface area contributed by atoms with Crippen molar-refractivity contribution in [3.05, 3.63) is 47.5 Å². The predicted octanol–water partition coefficient (Wildman–Crippen LogP) is 3.73. The van der Waals surface area contributed by atoms with Gasteiger partial charge >= 0.3 is 0 Å². The molecule has 0 aliphatic carbocycles. The van der Waals surface area contributed by atoms with Crippen LogP contribution in [-0.2, 0) is 17.9 Å². The number of hydrogen-bond acceptors (Lipinski definition) is 6. The number of benzene rings is 2. The molecule has 0 aromatic heterocycles. The van der Waals surface area contributed by atoms with Crippen LogP contribution in [0.3, 0.4) is 0 Å². The zero-order valence-corrected chi connectivity index (χ0v) is 19.2. The second-order valence-electron chi connectivity index (χ2n) is 8.23. The highest BCUT2D eigenvalue weighted by atomic mass is 16.5. The van der Waals surface area contributed by atoms with Gasteiger partial charge in [-0.05, 0) is 62.1 Å². The Kier molecular flexibility index (Phi) is 8.62. The smallest absolute Gasteiger partial charge is 0.220 e. The molecule has 1 saturated heterocycles. The molecule has 0 bridgehead atoms. The number of aromatic hydroxyl groups is 1. The number of nitrogens with one attached hydrogen (secondary N) is 1. The zero-order valence-electron chi connectivity index (χ0n) is 19.2. The maximum Gasteiger partial charge on any atom is 0.220 e. The molecule has 0 spiro atoms. The average Bonchev–Trinajstić information content (AvgIpc) is 2.83. The second-order valence-corrected chi connectivity index (χ2v) is 8.23. The molecule has 3 rings (SSSR count). The number of ether oxygens (including phenoxy) is 3. The zero-order chi connectivity index (χ0) is 22.9. The summed E-state index contributed by atoms with van der Waals surface area (Å²) in [5.41, 5.74) is 1.79. The van der Waals surface area contributed by atoms with Crippen LogP contribution in [0.5, 0.6) is 23.0 Å². The first-order chi connectivity index (χ1) is 15.5. The number of rotatable bonds is 10. The van der Waals surface area contributed by atoms with Crippen molar-refractivity contribution in [3.63, 3.8) is 0 Å². The molecule has 174 valence electrons. The molecule has 7 nitrogen and oxygen atoms in total. The molecule has 1 aliphatic heterocycles.